The normalized spacial score (nSPS) is 19.0. The van der Waals surface area contributed by atoms with Crippen LogP contribution in [0.5, 0.6) is 0 Å². The van der Waals surface area contributed by atoms with Gasteiger partial charge in [0.15, 0.2) is 5.78 Å². The highest BCUT2D eigenvalue weighted by Crippen LogP contribution is 2.19. The van der Waals surface area contributed by atoms with Crippen molar-refractivity contribution in [2.24, 2.45) is 0 Å². The molecule has 4 nitrogen and oxygen atoms in total. The first-order valence-electron chi connectivity index (χ1n) is 6.23. The number of hydrogen-bond acceptors (Lipinski definition) is 3. The molecule has 102 valence electrons. The fourth-order valence-electron chi connectivity index (χ4n) is 2.15. The van der Waals surface area contributed by atoms with E-state index in [0.717, 1.165) is 0 Å². The highest BCUT2D eigenvalue weighted by molar-refractivity contribution is 6.31. The number of halogens is 1. The quantitative estimate of drug-likeness (QED) is 0.858. The van der Waals surface area contributed by atoms with Gasteiger partial charge in [-0.15, -0.1) is 0 Å². The van der Waals surface area contributed by atoms with E-state index in [1.165, 1.54) is 0 Å². The number of carbonyl (C=O) groups is 2. The Hall–Kier alpha value is -1.39. The lowest BCUT2D eigenvalue weighted by Crippen LogP contribution is -2.62. The van der Waals surface area contributed by atoms with Gasteiger partial charge in [0.25, 0.3) is 0 Å². The summed E-state index contributed by atoms with van der Waals surface area (Å²) < 4.78 is 0. The van der Waals surface area contributed by atoms with Crippen LogP contribution in [0.25, 0.3) is 0 Å². The summed E-state index contributed by atoms with van der Waals surface area (Å²) in [6, 6.07) is 6.88. The number of piperazine rings is 1. The minimum Gasteiger partial charge on any atom is -0.353 e. The van der Waals surface area contributed by atoms with Gasteiger partial charge in [0.05, 0.1) is 12.1 Å². The number of Topliss-reactive ketones (excluding diaryl/α,β-unsaturated/α-hetero) is 1. The predicted molar refractivity (Wildman–Crippen MR) is 74.4 cm³/mol. The van der Waals surface area contributed by atoms with Crippen LogP contribution in [0.1, 0.15) is 24.2 Å². The molecule has 1 aromatic carbocycles. The smallest absolute Gasteiger partial charge is 0.240 e. The van der Waals surface area contributed by atoms with Crippen LogP contribution in [-0.2, 0) is 4.79 Å². The molecule has 1 heterocycles. The van der Waals surface area contributed by atoms with E-state index < -0.39 is 5.54 Å². The predicted octanol–water partition coefficient (Wildman–Crippen LogP) is 1.73. The van der Waals surface area contributed by atoms with Gasteiger partial charge in [-0.1, -0.05) is 23.7 Å². The maximum atomic E-state index is 12.2. The van der Waals surface area contributed by atoms with Crippen molar-refractivity contribution in [1.29, 1.82) is 0 Å². The third kappa shape index (κ3) is 2.96. The van der Waals surface area contributed by atoms with Crippen LogP contribution in [-0.4, -0.2) is 41.8 Å². The number of amides is 1. The molecule has 2 rings (SSSR count). The van der Waals surface area contributed by atoms with E-state index in [0.29, 0.717) is 23.7 Å². The van der Waals surface area contributed by atoms with Crippen LogP contribution in [0.15, 0.2) is 24.3 Å². The average molecular weight is 281 g/mol. The van der Waals surface area contributed by atoms with Crippen molar-refractivity contribution in [3.05, 3.63) is 34.9 Å². The highest BCUT2D eigenvalue weighted by Gasteiger charge is 2.38. The van der Waals surface area contributed by atoms with Gasteiger partial charge in [0.2, 0.25) is 5.91 Å². The standard InChI is InChI=1S/C14H17ClN2O2/c1-14(2)13(19)16-6-7-17(14)9-12(18)10-4-3-5-11(15)8-10/h3-5,8H,6-7,9H2,1-2H3,(H,16,19). The van der Waals surface area contributed by atoms with E-state index in [9.17, 15) is 9.59 Å². The minimum absolute atomic E-state index is 0.0229. The van der Waals surface area contributed by atoms with Crippen LogP contribution in [0.3, 0.4) is 0 Å². The molecule has 1 saturated heterocycles. The Morgan fingerprint density at radius 3 is 2.89 bits per heavy atom. The first-order valence-corrected chi connectivity index (χ1v) is 6.61. The van der Waals surface area contributed by atoms with Gasteiger partial charge >= 0.3 is 0 Å². The summed E-state index contributed by atoms with van der Waals surface area (Å²) in [6.07, 6.45) is 0. The number of ketones is 1. The first kappa shape index (κ1) is 14.0. The molecule has 0 aromatic heterocycles. The first-order chi connectivity index (χ1) is 8.91. The van der Waals surface area contributed by atoms with Crippen molar-refractivity contribution in [3.63, 3.8) is 0 Å². The molecule has 1 aliphatic rings. The van der Waals surface area contributed by atoms with Gasteiger partial charge in [-0.25, -0.2) is 0 Å². The number of benzene rings is 1. The average Bonchev–Trinajstić information content (AvgIpc) is 2.35. The van der Waals surface area contributed by atoms with E-state index in [2.05, 4.69) is 5.32 Å². The van der Waals surface area contributed by atoms with Gasteiger partial charge in [0, 0.05) is 23.7 Å². The maximum Gasteiger partial charge on any atom is 0.240 e. The fraction of sp³-hybridized carbons (Fsp3) is 0.429. The summed E-state index contributed by atoms with van der Waals surface area (Å²) in [5.74, 6) is -0.0667. The number of nitrogens with zero attached hydrogens (tertiary/aromatic N) is 1. The second-order valence-corrected chi connectivity index (χ2v) is 5.61. The van der Waals surface area contributed by atoms with Gasteiger partial charge in [0.1, 0.15) is 0 Å². The lowest BCUT2D eigenvalue weighted by molar-refractivity contribution is -0.134. The number of nitrogens with one attached hydrogen (secondary N) is 1. The molecule has 5 heteroatoms. The van der Waals surface area contributed by atoms with E-state index in [1.54, 1.807) is 24.3 Å². The van der Waals surface area contributed by atoms with Gasteiger partial charge in [-0.2, -0.15) is 0 Å². The van der Waals surface area contributed by atoms with Crippen LogP contribution in [0.4, 0.5) is 0 Å². The van der Waals surface area contributed by atoms with E-state index >= 15 is 0 Å². The number of rotatable bonds is 3. The summed E-state index contributed by atoms with van der Waals surface area (Å²) in [7, 11) is 0. The highest BCUT2D eigenvalue weighted by atomic mass is 35.5. The molecular weight excluding hydrogens is 264 g/mol. The summed E-state index contributed by atoms with van der Waals surface area (Å²) in [6.45, 7) is 5.12. The molecule has 0 unspecified atom stereocenters. The lowest BCUT2D eigenvalue weighted by atomic mass is 9.98. The van der Waals surface area contributed by atoms with Crippen molar-refractivity contribution in [1.82, 2.24) is 10.2 Å². The third-order valence-electron chi connectivity index (χ3n) is 3.49. The molecular formula is C14H17ClN2O2. The second-order valence-electron chi connectivity index (χ2n) is 5.17. The van der Waals surface area contributed by atoms with Crippen LogP contribution in [0.2, 0.25) is 5.02 Å². The van der Waals surface area contributed by atoms with Crippen LogP contribution in [0, 0.1) is 0 Å². The summed E-state index contributed by atoms with van der Waals surface area (Å²) in [4.78, 5) is 25.9. The zero-order chi connectivity index (χ0) is 14.0. The Kier molecular flexibility index (Phi) is 3.92. The minimum atomic E-state index is -0.660. The third-order valence-corrected chi connectivity index (χ3v) is 3.73. The Bertz CT molecular complexity index is 514. The van der Waals surface area contributed by atoms with Crippen LogP contribution >= 0.6 is 11.6 Å². The van der Waals surface area contributed by atoms with Crippen molar-refractivity contribution >= 4 is 23.3 Å². The Labute approximate surface area is 117 Å². The zero-order valence-electron chi connectivity index (χ0n) is 11.1. The molecule has 1 aromatic rings. The second kappa shape index (κ2) is 5.31. The van der Waals surface area contributed by atoms with E-state index in [1.807, 2.05) is 18.7 Å². The zero-order valence-corrected chi connectivity index (χ0v) is 11.8. The molecule has 0 bridgehead atoms. The van der Waals surface area contributed by atoms with Crippen molar-refractivity contribution in [3.8, 4) is 0 Å². The van der Waals surface area contributed by atoms with E-state index in [4.69, 9.17) is 11.6 Å². The topological polar surface area (TPSA) is 49.4 Å². The Morgan fingerprint density at radius 1 is 1.47 bits per heavy atom. The number of hydrogen-bond donors (Lipinski definition) is 1. The summed E-state index contributed by atoms with van der Waals surface area (Å²) in [5, 5.41) is 3.35. The summed E-state index contributed by atoms with van der Waals surface area (Å²) >= 11 is 5.88. The molecule has 0 atom stereocenters. The van der Waals surface area contributed by atoms with E-state index in [-0.39, 0.29) is 18.2 Å². The Morgan fingerprint density at radius 2 is 2.21 bits per heavy atom. The van der Waals surface area contributed by atoms with Crippen molar-refractivity contribution in [2.45, 2.75) is 19.4 Å². The molecule has 0 saturated carbocycles. The molecule has 0 spiro atoms. The maximum absolute atomic E-state index is 12.2. The molecule has 1 aliphatic heterocycles. The van der Waals surface area contributed by atoms with Gasteiger partial charge < -0.3 is 5.32 Å². The van der Waals surface area contributed by atoms with Gasteiger partial charge in [-0.05, 0) is 26.0 Å². The molecule has 1 fully saturated rings. The molecule has 1 N–H and O–H groups in total. The fourth-order valence-corrected chi connectivity index (χ4v) is 2.34. The van der Waals surface area contributed by atoms with Crippen molar-refractivity contribution in [2.75, 3.05) is 19.6 Å². The van der Waals surface area contributed by atoms with Crippen LogP contribution < -0.4 is 5.32 Å². The van der Waals surface area contributed by atoms with Crippen molar-refractivity contribution < 1.29 is 9.59 Å². The molecule has 0 radical (unpaired) electrons. The molecule has 1 amide bonds. The summed E-state index contributed by atoms with van der Waals surface area (Å²) in [5.41, 5.74) is -0.0822. The molecule has 0 aliphatic carbocycles. The number of carbonyl (C=O) groups excluding carboxylic acids is 2. The SMILES string of the molecule is CC1(C)C(=O)NCCN1CC(=O)c1cccc(Cl)c1. The monoisotopic (exact) mass is 280 g/mol. The lowest BCUT2D eigenvalue weighted by Gasteiger charge is -2.40. The van der Waals surface area contributed by atoms with Gasteiger partial charge in [-0.3, -0.25) is 14.5 Å². The largest absolute Gasteiger partial charge is 0.353 e. The molecule has 19 heavy (non-hydrogen) atoms. The Balaban J connectivity index is 2.12.